The van der Waals surface area contributed by atoms with Gasteiger partial charge in [-0.2, -0.15) is 0 Å². The van der Waals surface area contributed by atoms with Crippen molar-refractivity contribution in [3.05, 3.63) is 12.7 Å². The molecule has 0 radical (unpaired) electrons. The Bertz CT molecular complexity index is 203. The van der Waals surface area contributed by atoms with Crippen LogP contribution < -0.4 is 0 Å². The molecule has 3 heterocycles. The minimum Gasteiger partial charge on any atom is -0.372 e. The Morgan fingerprint density at radius 2 is 1.69 bits per heavy atom. The maximum atomic E-state index is 5.21. The molecule has 7 heteroatoms. The van der Waals surface area contributed by atoms with Crippen molar-refractivity contribution in [2.75, 3.05) is 24.7 Å². The molecule has 0 aromatic heterocycles. The summed E-state index contributed by atoms with van der Waals surface area (Å²) in [6, 6.07) is 0. The van der Waals surface area contributed by atoms with Crippen LogP contribution in [0.25, 0.3) is 0 Å². The van der Waals surface area contributed by atoms with E-state index in [4.69, 9.17) is 13.1 Å². The van der Waals surface area contributed by atoms with Gasteiger partial charge in [-0.05, 0) is 0 Å². The predicted molar refractivity (Wildman–Crippen MR) is 74.6 cm³/mol. The van der Waals surface area contributed by atoms with Gasteiger partial charge in [-0.15, -0.1) is 6.58 Å². The van der Waals surface area contributed by atoms with Gasteiger partial charge in [0.2, 0.25) is 0 Å². The Balaban J connectivity index is 0.000000162. The van der Waals surface area contributed by atoms with Crippen LogP contribution in [0.2, 0.25) is 0 Å². The first-order valence-electron chi connectivity index (χ1n) is 4.97. The zero-order valence-electron chi connectivity index (χ0n) is 8.70. The fourth-order valence-corrected chi connectivity index (χ4v) is 2.97. The third-order valence-corrected chi connectivity index (χ3v) is 5.64. The van der Waals surface area contributed by atoms with Gasteiger partial charge in [0.1, 0.15) is 0 Å². The van der Waals surface area contributed by atoms with Gasteiger partial charge in [-0.1, -0.05) is 27.7 Å². The Labute approximate surface area is 113 Å². The van der Waals surface area contributed by atoms with Gasteiger partial charge in [-0.3, -0.25) is 0 Å². The summed E-state index contributed by atoms with van der Waals surface area (Å²) >= 11 is 2.95. The van der Waals surface area contributed by atoms with Crippen LogP contribution in [-0.2, 0) is 13.1 Å². The maximum Gasteiger partial charge on any atom is 0.0922 e. The number of hydrogen-bond donors (Lipinski definition) is 0. The highest BCUT2D eigenvalue weighted by molar-refractivity contribution is 8.92. The van der Waals surface area contributed by atoms with E-state index in [1.165, 1.54) is 24.1 Å². The van der Waals surface area contributed by atoms with E-state index in [0.29, 0.717) is 12.2 Å². The predicted octanol–water partition coefficient (Wildman–Crippen LogP) is 2.99. The van der Waals surface area contributed by atoms with Crippen LogP contribution >= 0.6 is 45.7 Å². The highest BCUT2D eigenvalue weighted by Gasteiger charge is 2.24. The monoisotopic (exact) mass is 298 g/mol. The van der Waals surface area contributed by atoms with E-state index < -0.39 is 0 Å². The summed E-state index contributed by atoms with van der Waals surface area (Å²) in [6.07, 6.45) is 2.87. The molecule has 0 saturated carbocycles. The summed E-state index contributed by atoms with van der Waals surface area (Å²) in [5.41, 5.74) is 0. The number of rotatable bonds is 7. The van der Waals surface area contributed by atoms with E-state index in [1.807, 2.05) is 27.7 Å². The Morgan fingerprint density at radius 3 is 1.94 bits per heavy atom. The van der Waals surface area contributed by atoms with Gasteiger partial charge < -0.3 is 9.47 Å². The van der Waals surface area contributed by atoms with Gasteiger partial charge >= 0.3 is 0 Å². The van der Waals surface area contributed by atoms with Crippen molar-refractivity contribution in [3.8, 4) is 0 Å². The second kappa shape index (κ2) is 7.45. The molecule has 2 unspecified atom stereocenters. The second-order valence-corrected chi connectivity index (χ2v) is 7.88. The fourth-order valence-electron chi connectivity index (χ4n) is 0.681. The van der Waals surface area contributed by atoms with Crippen LogP contribution in [0.15, 0.2) is 12.7 Å². The minimum atomic E-state index is 0.456. The molecule has 3 nitrogen and oxygen atoms in total. The summed E-state index contributed by atoms with van der Waals surface area (Å²) < 4.78 is 16.0. The fraction of sp³-hybridized carbons (Fsp3) is 0.778. The summed E-state index contributed by atoms with van der Waals surface area (Å²) in [4.78, 5) is 0. The average Bonchev–Trinajstić information content (AvgIpc) is 3.17. The van der Waals surface area contributed by atoms with Crippen LogP contribution in [0.1, 0.15) is 0 Å². The van der Waals surface area contributed by atoms with E-state index in [2.05, 4.69) is 6.58 Å². The number of epoxide rings is 2. The van der Waals surface area contributed by atoms with Crippen LogP contribution in [0.4, 0.5) is 0 Å². The van der Waals surface area contributed by atoms with Crippen molar-refractivity contribution in [1.29, 1.82) is 0 Å². The molecule has 0 amide bonds. The lowest BCUT2D eigenvalue weighted by molar-refractivity contribution is 0.424. The lowest BCUT2D eigenvalue weighted by Gasteiger charge is -1.96. The zero-order valence-corrected chi connectivity index (χ0v) is 12.0. The standard InChI is InChI=1S/C6H10O3S2.C3H4S2/c1-5(7-1)3-10-9-11-4-6-2-8-6;1-2-3-4-5-3/h5-6H,1-4H2;2-3H,1H2. The molecule has 16 heavy (non-hydrogen) atoms. The van der Waals surface area contributed by atoms with Crippen molar-refractivity contribution in [3.63, 3.8) is 0 Å². The second-order valence-electron chi connectivity index (χ2n) is 3.34. The topological polar surface area (TPSA) is 34.3 Å². The molecule has 0 aromatic carbocycles. The van der Waals surface area contributed by atoms with Crippen molar-refractivity contribution in [1.82, 2.24) is 0 Å². The smallest absolute Gasteiger partial charge is 0.0922 e. The van der Waals surface area contributed by atoms with Gasteiger partial charge in [0.15, 0.2) is 0 Å². The lowest BCUT2D eigenvalue weighted by atomic mass is 10.6. The molecule has 2 atom stereocenters. The molecule has 92 valence electrons. The highest BCUT2D eigenvalue weighted by Crippen LogP contribution is 2.53. The van der Waals surface area contributed by atoms with Crippen molar-refractivity contribution < 1.29 is 13.1 Å². The molecule has 0 bridgehead atoms. The third kappa shape index (κ3) is 7.37. The maximum absolute atomic E-state index is 5.21. The molecule has 0 aliphatic carbocycles. The molecule has 0 spiro atoms. The van der Waals surface area contributed by atoms with E-state index in [-0.39, 0.29) is 0 Å². The van der Waals surface area contributed by atoms with E-state index in [9.17, 15) is 0 Å². The van der Waals surface area contributed by atoms with Crippen LogP contribution in [0.5, 0.6) is 0 Å². The first-order chi connectivity index (χ1) is 7.88. The molecule has 3 rings (SSSR count). The van der Waals surface area contributed by atoms with Gasteiger partial charge in [0.25, 0.3) is 0 Å². The van der Waals surface area contributed by atoms with E-state index in [0.717, 1.165) is 29.3 Å². The Morgan fingerprint density at radius 1 is 1.19 bits per heavy atom. The number of hydrogen-bond acceptors (Lipinski definition) is 7. The average molecular weight is 298 g/mol. The third-order valence-electron chi connectivity index (χ3n) is 1.81. The summed E-state index contributed by atoms with van der Waals surface area (Å²) in [5.74, 6) is 1.91. The molecular weight excluding hydrogens is 284 g/mol. The van der Waals surface area contributed by atoms with Crippen LogP contribution in [-0.4, -0.2) is 41.5 Å². The summed E-state index contributed by atoms with van der Waals surface area (Å²) in [5, 5.41) is 0. The Kier molecular flexibility index (Phi) is 6.27. The van der Waals surface area contributed by atoms with Gasteiger partial charge in [0, 0.05) is 35.6 Å². The van der Waals surface area contributed by atoms with Gasteiger partial charge in [-0.25, -0.2) is 3.63 Å². The van der Waals surface area contributed by atoms with Gasteiger partial charge in [0.05, 0.1) is 30.0 Å². The van der Waals surface area contributed by atoms with Crippen LogP contribution in [0.3, 0.4) is 0 Å². The van der Waals surface area contributed by atoms with E-state index >= 15 is 0 Å². The zero-order chi connectivity index (χ0) is 11.2. The molecule has 3 aliphatic rings. The van der Waals surface area contributed by atoms with E-state index in [1.54, 1.807) is 0 Å². The molecule has 3 fully saturated rings. The first-order valence-corrected chi connectivity index (χ1v) is 9.07. The quantitative estimate of drug-likeness (QED) is 0.235. The molecule has 0 aromatic rings. The largest absolute Gasteiger partial charge is 0.372 e. The van der Waals surface area contributed by atoms with Crippen molar-refractivity contribution >= 4 is 45.7 Å². The molecule has 0 N–H and O–H groups in total. The SMILES string of the molecule is C1OC1CSOSCC1CO1.C=CC1SS1. The molecule has 3 aliphatic heterocycles. The first kappa shape index (κ1) is 13.5. The van der Waals surface area contributed by atoms with Crippen LogP contribution in [0, 0.1) is 0 Å². The molecular formula is C9H14O3S4. The number of ether oxygens (including phenoxy) is 2. The highest BCUT2D eigenvalue weighted by atomic mass is 33.2. The lowest BCUT2D eigenvalue weighted by Crippen LogP contribution is -1.91. The Hall–Kier alpha value is 1.02. The normalized spacial score (nSPS) is 30.2. The van der Waals surface area contributed by atoms with Crippen molar-refractivity contribution in [2.24, 2.45) is 0 Å². The summed E-state index contributed by atoms with van der Waals surface area (Å²) in [7, 11) is 3.73. The molecule has 3 saturated heterocycles. The van der Waals surface area contributed by atoms with Crippen molar-refractivity contribution in [2.45, 2.75) is 16.8 Å². The summed E-state index contributed by atoms with van der Waals surface area (Å²) in [6.45, 7) is 5.40. The minimum absolute atomic E-state index is 0.456.